The zero-order valence-electron chi connectivity index (χ0n) is 38.4. The maximum atomic E-state index is 3.95. The summed E-state index contributed by atoms with van der Waals surface area (Å²) in [4.78, 5) is 5.19. The van der Waals surface area contributed by atoms with Gasteiger partial charge < -0.3 is 9.55 Å². The van der Waals surface area contributed by atoms with Gasteiger partial charge in [-0.2, -0.15) is 0 Å². The van der Waals surface area contributed by atoms with Crippen LogP contribution < -0.4 is 0 Å². The van der Waals surface area contributed by atoms with E-state index in [1.165, 1.54) is 98.8 Å². The predicted octanol–water partition coefficient (Wildman–Crippen LogP) is 18.1. The summed E-state index contributed by atoms with van der Waals surface area (Å²) in [6.07, 6.45) is 0. The van der Waals surface area contributed by atoms with Crippen molar-refractivity contribution >= 4 is 73.8 Å². The van der Waals surface area contributed by atoms with Crippen LogP contribution in [-0.4, -0.2) is 9.55 Å². The Morgan fingerprint density at radius 1 is 0.419 bits per heavy atom. The van der Waals surface area contributed by atoms with Crippen LogP contribution in [0.4, 0.5) is 0 Å². The second kappa shape index (κ2) is 15.2. The number of aromatic nitrogens is 2. The van der Waals surface area contributed by atoms with Crippen molar-refractivity contribution in [2.75, 3.05) is 0 Å². The maximum Gasteiger partial charge on any atom is 0.0612 e. The number of benzene rings is 7. The van der Waals surface area contributed by atoms with Gasteiger partial charge in [0.15, 0.2) is 0 Å². The average molecular weight is 943 g/mol. The fraction of sp³-hybridized carbons (Fsp3) is 0.276. The molecule has 0 aliphatic rings. The van der Waals surface area contributed by atoms with Crippen molar-refractivity contribution < 1.29 is 0 Å². The number of halogens is 1. The highest BCUT2D eigenvalue weighted by Crippen LogP contribution is 2.47. The van der Waals surface area contributed by atoms with Gasteiger partial charge in [-0.1, -0.05) is 171 Å². The van der Waals surface area contributed by atoms with Crippen molar-refractivity contribution in [3.63, 3.8) is 0 Å². The first kappa shape index (κ1) is 42.5. The topological polar surface area (TPSA) is 20.7 Å². The van der Waals surface area contributed by atoms with Gasteiger partial charge in [-0.05, 0) is 121 Å². The lowest BCUT2D eigenvalue weighted by atomic mass is 9.85. The minimum absolute atomic E-state index is 0.0358. The number of hydrogen-bond acceptors (Lipinski definition) is 1. The number of nitrogens with one attached hydrogen (secondary N) is 1. The molecule has 2 nitrogen and oxygen atoms in total. The number of fused-ring (bicyclic) bond motifs is 6. The Kier molecular flexibility index (Phi) is 10.4. The molecule has 9 rings (SSSR count). The van der Waals surface area contributed by atoms with Crippen LogP contribution in [0.2, 0.25) is 0 Å². The highest BCUT2D eigenvalue weighted by Gasteiger charge is 2.25. The van der Waals surface area contributed by atoms with Gasteiger partial charge in [-0.3, -0.25) is 0 Å². The number of nitrogens with zero attached hydrogens (tertiary/aromatic N) is 1. The van der Waals surface area contributed by atoms with Gasteiger partial charge in [0.05, 0.1) is 22.2 Å². The maximum absolute atomic E-state index is 3.95. The Bertz CT molecular complexity index is 3100. The molecule has 1 N–H and O–H groups in total. The van der Waals surface area contributed by atoms with E-state index in [1.807, 2.05) is 0 Å². The van der Waals surface area contributed by atoms with Crippen LogP contribution >= 0.6 is 30.1 Å². The third-order valence-corrected chi connectivity index (χ3v) is 14.9. The van der Waals surface area contributed by atoms with Gasteiger partial charge >= 0.3 is 0 Å². The van der Waals surface area contributed by atoms with Gasteiger partial charge in [-0.15, -0.1) is 0 Å². The van der Waals surface area contributed by atoms with E-state index >= 15 is 0 Å². The highest BCUT2D eigenvalue weighted by molar-refractivity contribution is 14.2. The van der Waals surface area contributed by atoms with Crippen molar-refractivity contribution in [2.24, 2.45) is 0 Å². The molecule has 62 heavy (non-hydrogen) atoms. The Morgan fingerprint density at radius 3 is 1.39 bits per heavy atom. The van der Waals surface area contributed by atoms with Crippen LogP contribution in [0.5, 0.6) is 0 Å². The normalized spacial score (nSPS) is 13.0. The standard InChI is InChI=1S/C58H59IN2S/c1-55(2,3)39-21-16-35(17-22-39)37-20-27-49-44(30-37)48-32-38(36-18-23-40(24-19-36)56(4,5)6)31-47(53(48)60-49)43-14-13-15-52(54(43)62-59)61-50-28-25-41(57(7,8)9)33-45(50)46-34-42(58(10,11)12)26-29-51(46)61/h13-34,60H,1-12H3. The lowest BCUT2D eigenvalue weighted by Crippen LogP contribution is -2.10. The van der Waals surface area contributed by atoms with Crippen molar-refractivity contribution in [2.45, 2.75) is 110 Å². The largest absolute Gasteiger partial charge is 0.354 e. The molecule has 314 valence electrons. The molecule has 0 saturated heterocycles. The van der Waals surface area contributed by atoms with Crippen LogP contribution in [0.25, 0.3) is 82.7 Å². The molecule has 0 atom stereocenters. The van der Waals surface area contributed by atoms with E-state index in [4.69, 9.17) is 0 Å². The minimum atomic E-state index is 0.0358. The van der Waals surface area contributed by atoms with Crippen molar-refractivity contribution in [1.82, 2.24) is 9.55 Å². The molecule has 2 aromatic heterocycles. The zero-order valence-corrected chi connectivity index (χ0v) is 41.4. The molecule has 4 heteroatoms. The highest BCUT2D eigenvalue weighted by atomic mass is 127. The van der Waals surface area contributed by atoms with Gasteiger partial charge in [0.1, 0.15) is 0 Å². The molecule has 0 fully saturated rings. The summed E-state index contributed by atoms with van der Waals surface area (Å²) in [6, 6.07) is 51.2. The second-order valence-corrected chi connectivity index (χ2v) is 23.4. The molecule has 7 aromatic carbocycles. The lowest BCUT2D eigenvalue weighted by Gasteiger charge is -2.20. The van der Waals surface area contributed by atoms with Crippen molar-refractivity contribution in [3.05, 3.63) is 156 Å². The van der Waals surface area contributed by atoms with Gasteiger partial charge in [0.2, 0.25) is 0 Å². The van der Waals surface area contributed by atoms with E-state index in [1.54, 1.807) is 8.93 Å². The number of rotatable bonds is 5. The summed E-state index contributed by atoms with van der Waals surface area (Å²) >= 11 is 2.52. The first-order chi connectivity index (χ1) is 29.2. The number of H-pyrrole nitrogens is 1. The first-order valence-electron chi connectivity index (χ1n) is 22.0. The molecule has 0 unspecified atom stereocenters. The molecule has 0 saturated carbocycles. The van der Waals surface area contributed by atoms with E-state index in [9.17, 15) is 0 Å². The van der Waals surface area contributed by atoms with Crippen molar-refractivity contribution in [3.8, 4) is 39.1 Å². The van der Waals surface area contributed by atoms with E-state index in [0.29, 0.717) is 0 Å². The van der Waals surface area contributed by atoms with Gasteiger partial charge in [-0.25, -0.2) is 0 Å². The third kappa shape index (κ3) is 7.59. The predicted molar refractivity (Wildman–Crippen MR) is 281 cm³/mol. The molecule has 0 amide bonds. The Morgan fingerprint density at radius 2 is 0.887 bits per heavy atom. The summed E-state index contributed by atoms with van der Waals surface area (Å²) in [5, 5.41) is 5.07. The van der Waals surface area contributed by atoms with Crippen LogP contribution in [0.15, 0.2) is 138 Å². The summed E-state index contributed by atoms with van der Waals surface area (Å²) in [5.74, 6) is 0. The quantitative estimate of drug-likeness (QED) is 0.171. The van der Waals surface area contributed by atoms with Crippen LogP contribution in [-0.2, 0) is 21.7 Å². The molecule has 0 spiro atoms. The van der Waals surface area contributed by atoms with Crippen LogP contribution in [0.3, 0.4) is 0 Å². The molecular weight excluding hydrogens is 884 g/mol. The first-order valence-corrected chi connectivity index (χ1v) is 25.4. The Hall–Kier alpha value is -4.78. The molecule has 9 aromatic rings. The molecular formula is C58H59IN2S. The van der Waals surface area contributed by atoms with Crippen molar-refractivity contribution in [1.29, 1.82) is 0 Å². The molecule has 0 aliphatic carbocycles. The molecule has 0 aliphatic heterocycles. The summed E-state index contributed by atoms with van der Waals surface area (Å²) < 4.78 is 2.52. The smallest absolute Gasteiger partial charge is 0.0612 e. The van der Waals surface area contributed by atoms with Crippen LogP contribution in [0.1, 0.15) is 105 Å². The summed E-state index contributed by atoms with van der Waals surface area (Å²) in [6.45, 7) is 27.5. The van der Waals surface area contributed by atoms with Crippen LogP contribution in [0, 0.1) is 0 Å². The molecule has 0 bridgehead atoms. The lowest BCUT2D eigenvalue weighted by molar-refractivity contribution is 0.590. The summed E-state index contributed by atoms with van der Waals surface area (Å²) in [7, 11) is 1.81. The SMILES string of the molecule is CC(C)(C)c1ccc(-c2ccc3[nH]c4c(-c5cccc(-n6c7ccc(C(C)(C)C)cc7c7cc(C(C)(C)C)ccc76)c5SI)cc(-c5ccc(C(C)(C)C)cc5)cc4c3c2)cc1. The number of hydrogen-bond donors (Lipinski definition) is 1. The van der Waals surface area contributed by atoms with E-state index < -0.39 is 0 Å². The second-order valence-electron chi connectivity index (χ2n) is 21.5. The third-order valence-electron chi connectivity index (χ3n) is 13.0. The fourth-order valence-electron chi connectivity index (χ4n) is 9.09. The number of aromatic amines is 1. The van der Waals surface area contributed by atoms with Gasteiger partial charge in [0.25, 0.3) is 0 Å². The zero-order chi connectivity index (χ0) is 44.1. The molecule has 2 heterocycles. The average Bonchev–Trinajstić information content (AvgIpc) is 3.76. The van der Waals surface area contributed by atoms with E-state index in [0.717, 1.165) is 11.0 Å². The minimum Gasteiger partial charge on any atom is -0.354 e. The summed E-state index contributed by atoms with van der Waals surface area (Å²) in [5.41, 5.74) is 18.9. The molecule has 0 radical (unpaired) electrons. The van der Waals surface area contributed by atoms with Gasteiger partial charge in [0, 0.05) is 64.3 Å². The fourth-order valence-corrected chi connectivity index (χ4v) is 11.0. The monoisotopic (exact) mass is 942 g/mol. The van der Waals surface area contributed by atoms with E-state index in [-0.39, 0.29) is 21.7 Å². The Balaban J connectivity index is 1.30. The Labute approximate surface area is 385 Å². The van der Waals surface area contributed by atoms with E-state index in [2.05, 4.69) is 247 Å².